The van der Waals surface area contributed by atoms with Crippen LogP contribution in [0, 0.1) is 0 Å². The van der Waals surface area contributed by atoms with E-state index in [4.69, 9.17) is 4.42 Å². The molecular weight excluding hydrogens is 494 g/mol. The second-order valence-corrected chi connectivity index (χ2v) is 8.28. The monoisotopic (exact) mass is 503 g/mol. The van der Waals surface area contributed by atoms with Crippen LogP contribution < -0.4 is 11.1 Å². The smallest absolute Gasteiger partial charge is 0.345 e. The van der Waals surface area contributed by atoms with Gasteiger partial charge in [-0.15, -0.1) is 11.3 Å². The van der Waals surface area contributed by atoms with Crippen LogP contribution in [0.15, 0.2) is 77.2 Å². The summed E-state index contributed by atoms with van der Waals surface area (Å²) in [7, 11) is 0. The largest absolute Gasteiger partial charge is 0.422 e. The van der Waals surface area contributed by atoms with E-state index in [1.165, 1.54) is 11.3 Å². The highest BCUT2D eigenvalue weighted by Gasteiger charge is 2.11. The van der Waals surface area contributed by atoms with Crippen molar-refractivity contribution in [2.45, 2.75) is 0 Å². The molecule has 4 aromatic rings. The van der Waals surface area contributed by atoms with Crippen LogP contribution in [-0.2, 0) is 0 Å². The summed E-state index contributed by atoms with van der Waals surface area (Å²) < 4.78 is 7.32. The van der Waals surface area contributed by atoms with Gasteiger partial charge in [-0.3, -0.25) is 5.43 Å². The van der Waals surface area contributed by atoms with Crippen molar-refractivity contribution in [2.75, 3.05) is 5.43 Å². The second-order valence-electron chi connectivity index (χ2n) is 5.59. The molecular formula is C19H11Br2N3O2S. The first kappa shape index (κ1) is 18.1. The Labute approximate surface area is 175 Å². The lowest BCUT2D eigenvalue weighted by Gasteiger charge is -2.00. The molecule has 0 aliphatic heterocycles. The number of benzene rings is 2. The van der Waals surface area contributed by atoms with E-state index >= 15 is 0 Å². The van der Waals surface area contributed by atoms with Gasteiger partial charge in [0.05, 0.1) is 17.5 Å². The maximum Gasteiger partial charge on any atom is 0.345 e. The first-order valence-corrected chi connectivity index (χ1v) is 10.3. The Morgan fingerprint density at radius 1 is 1.07 bits per heavy atom. The van der Waals surface area contributed by atoms with Gasteiger partial charge < -0.3 is 4.42 Å². The Hall–Kier alpha value is -2.29. The van der Waals surface area contributed by atoms with E-state index in [-0.39, 0.29) is 0 Å². The van der Waals surface area contributed by atoms with Gasteiger partial charge in [0.2, 0.25) is 5.13 Å². The van der Waals surface area contributed by atoms with Crippen molar-refractivity contribution in [3.05, 3.63) is 78.8 Å². The third-order valence-electron chi connectivity index (χ3n) is 3.72. The van der Waals surface area contributed by atoms with Crippen molar-refractivity contribution in [3.63, 3.8) is 0 Å². The van der Waals surface area contributed by atoms with Gasteiger partial charge in [-0.1, -0.05) is 44.0 Å². The Kier molecular flexibility index (Phi) is 5.20. The van der Waals surface area contributed by atoms with Crippen LogP contribution in [0.5, 0.6) is 0 Å². The molecule has 0 fully saturated rings. The number of aromatic nitrogens is 1. The van der Waals surface area contributed by atoms with Gasteiger partial charge in [-0.2, -0.15) is 5.10 Å². The summed E-state index contributed by atoms with van der Waals surface area (Å²) in [5.74, 6) is 0. The molecule has 27 heavy (non-hydrogen) atoms. The SMILES string of the molecule is O=c1oc2ccc(Br)cc2cc1-c1csc(NN=Cc2ccc(Br)cc2)n1. The number of hydrogen-bond acceptors (Lipinski definition) is 6. The fourth-order valence-electron chi connectivity index (χ4n) is 2.43. The average molecular weight is 505 g/mol. The number of thiazole rings is 1. The topological polar surface area (TPSA) is 67.5 Å². The molecule has 0 amide bonds. The number of halogens is 2. The molecule has 0 saturated heterocycles. The average Bonchev–Trinajstić information content (AvgIpc) is 3.12. The lowest BCUT2D eigenvalue weighted by molar-refractivity contribution is 0.563. The van der Waals surface area contributed by atoms with Crippen molar-refractivity contribution in [1.82, 2.24) is 4.98 Å². The van der Waals surface area contributed by atoms with E-state index in [1.807, 2.05) is 36.4 Å². The Morgan fingerprint density at radius 2 is 1.85 bits per heavy atom. The van der Waals surface area contributed by atoms with Gasteiger partial charge in [0.15, 0.2) is 0 Å². The number of rotatable bonds is 4. The number of nitrogens with zero attached hydrogens (tertiary/aromatic N) is 2. The lowest BCUT2D eigenvalue weighted by Crippen LogP contribution is -2.03. The second kappa shape index (κ2) is 7.75. The van der Waals surface area contributed by atoms with Crippen LogP contribution in [0.1, 0.15) is 5.56 Å². The maximum atomic E-state index is 12.3. The van der Waals surface area contributed by atoms with Crippen molar-refractivity contribution in [2.24, 2.45) is 5.10 Å². The highest BCUT2D eigenvalue weighted by molar-refractivity contribution is 9.10. The summed E-state index contributed by atoms with van der Waals surface area (Å²) in [6.45, 7) is 0. The van der Waals surface area contributed by atoms with Crippen LogP contribution in [0.25, 0.3) is 22.2 Å². The Balaban J connectivity index is 1.57. The zero-order chi connectivity index (χ0) is 18.8. The molecule has 2 heterocycles. The molecule has 0 aliphatic rings. The number of hydrogen-bond donors (Lipinski definition) is 1. The zero-order valence-corrected chi connectivity index (χ0v) is 17.6. The minimum Gasteiger partial charge on any atom is -0.422 e. The quantitative estimate of drug-likeness (QED) is 0.214. The summed E-state index contributed by atoms with van der Waals surface area (Å²) >= 11 is 8.19. The highest BCUT2D eigenvalue weighted by Crippen LogP contribution is 2.26. The van der Waals surface area contributed by atoms with Gasteiger partial charge in [0.25, 0.3) is 0 Å². The van der Waals surface area contributed by atoms with E-state index in [1.54, 1.807) is 23.7 Å². The number of fused-ring (bicyclic) bond motifs is 1. The third-order valence-corrected chi connectivity index (χ3v) is 5.49. The summed E-state index contributed by atoms with van der Waals surface area (Å²) in [6.07, 6.45) is 1.70. The molecule has 2 aromatic heterocycles. The van der Waals surface area contributed by atoms with Crippen LogP contribution in [0.4, 0.5) is 5.13 Å². The zero-order valence-electron chi connectivity index (χ0n) is 13.6. The van der Waals surface area contributed by atoms with Gasteiger partial charge in [-0.05, 0) is 42.0 Å². The maximum absolute atomic E-state index is 12.3. The fraction of sp³-hybridized carbons (Fsp3) is 0. The van der Waals surface area contributed by atoms with Crippen LogP contribution in [0.3, 0.4) is 0 Å². The van der Waals surface area contributed by atoms with Gasteiger partial charge >= 0.3 is 5.63 Å². The minimum absolute atomic E-state index is 0.417. The summed E-state index contributed by atoms with van der Waals surface area (Å²) in [5, 5.41) is 7.40. The van der Waals surface area contributed by atoms with E-state index < -0.39 is 5.63 Å². The molecule has 0 atom stereocenters. The van der Waals surface area contributed by atoms with Crippen molar-refractivity contribution in [3.8, 4) is 11.3 Å². The van der Waals surface area contributed by atoms with E-state index in [2.05, 4.69) is 47.4 Å². The normalized spacial score (nSPS) is 11.3. The van der Waals surface area contributed by atoms with Gasteiger partial charge in [-0.25, -0.2) is 9.78 Å². The Bertz CT molecular complexity index is 1200. The standard InChI is InChI=1S/C19H11Br2N3O2S/c20-13-3-1-11(2-4-13)9-22-24-19-23-16(10-27-19)15-8-12-7-14(21)5-6-17(12)26-18(15)25/h1-10H,(H,23,24). The third kappa shape index (κ3) is 4.18. The van der Waals surface area contributed by atoms with E-state index in [9.17, 15) is 4.79 Å². The first-order chi connectivity index (χ1) is 13.1. The molecule has 2 aromatic carbocycles. The van der Waals surface area contributed by atoms with E-state index in [0.717, 1.165) is 19.9 Å². The molecule has 1 N–H and O–H groups in total. The highest BCUT2D eigenvalue weighted by atomic mass is 79.9. The predicted molar refractivity (Wildman–Crippen MR) is 117 cm³/mol. The van der Waals surface area contributed by atoms with E-state index in [0.29, 0.717) is 22.0 Å². The molecule has 0 bridgehead atoms. The van der Waals surface area contributed by atoms with Crippen LogP contribution in [0.2, 0.25) is 0 Å². The molecule has 0 aliphatic carbocycles. The molecule has 0 radical (unpaired) electrons. The summed E-state index contributed by atoms with van der Waals surface area (Å²) in [6, 6.07) is 15.1. The number of hydrazone groups is 1. The van der Waals surface area contributed by atoms with Gasteiger partial charge in [0.1, 0.15) is 5.58 Å². The number of anilines is 1. The molecule has 0 saturated carbocycles. The van der Waals surface area contributed by atoms with Gasteiger partial charge in [0, 0.05) is 19.7 Å². The van der Waals surface area contributed by atoms with Crippen LogP contribution >= 0.6 is 43.2 Å². The Morgan fingerprint density at radius 3 is 2.67 bits per heavy atom. The first-order valence-electron chi connectivity index (χ1n) is 7.82. The molecule has 5 nitrogen and oxygen atoms in total. The van der Waals surface area contributed by atoms with Crippen LogP contribution in [-0.4, -0.2) is 11.2 Å². The summed E-state index contributed by atoms with van der Waals surface area (Å²) in [5.41, 5.74) is 4.95. The summed E-state index contributed by atoms with van der Waals surface area (Å²) in [4.78, 5) is 16.7. The predicted octanol–water partition coefficient (Wildman–Crippen LogP) is 5.89. The van der Waals surface area contributed by atoms with Crippen molar-refractivity contribution in [1.29, 1.82) is 0 Å². The fourth-order valence-corrected chi connectivity index (χ4v) is 3.74. The molecule has 8 heteroatoms. The van der Waals surface area contributed by atoms with Crippen molar-refractivity contribution >= 4 is 65.5 Å². The molecule has 0 spiro atoms. The number of nitrogens with one attached hydrogen (secondary N) is 1. The molecule has 0 unspecified atom stereocenters. The molecule has 134 valence electrons. The van der Waals surface area contributed by atoms with Crippen molar-refractivity contribution < 1.29 is 4.42 Å². The minimum atomic E-state index is -0.417. The lowest BCUT2D eigenvalue weighted by atomic mass is 10.1. The molecule has 4 rings (SSSR count).